The summed E-state index contributed by atoms with van der Waals surface area (Å²) in [5.74, 6) is -0.334. The lowest BCUT2D eigenvalue weighted by Gasteiger charge is -2.23. The Morgan fingerprint density at radius 2 is 1.81 bits per heavy atom. The van der Waals surface area contributed by atoms with Gasteiger partial charge in [0.05, 0.1) is 22.0 Å². The number of hydrogen-bond acceptors (Lipinski definition) is 4. The van der Waals surface area contributed by atoms with Crippen LogP contribution in [0.4, 0.5) is 5.00 Å². The maximum Gasteiger partial charge on any atom is 0.262 e. The predicted octanol–water partition coefficient (Wildman–Crippen LogP) is 2.54. The molecule has 1 rings (SSSR count). The van der Waals surface area contributed by atoms with Gasteiger partial charge < -0.3 is 15.7 Å². The van der Waals surface area contributed by atoms with Crippen molar-refractivity contribution in [3.05, 3.63) is 16.5 Å². The maximum absolute atomic E-state index is 12.2. The van der Waals surface area contributed by atoms with Crippen molar-refractivity contribution in [1.29, 1.82) is 0 Å². The number of aliphatic hydroxyl groups excluding tert-OH is 1. The first-order valence-corrected chi connectivity index (χ1v) is 7.63. The van der Waals surface area contributed by atoms with Crippen LogP contribution in [0.2, 0.25) is 0 Å². The Morgan fingerprint density at radius 1 is 1.24 bits per heavy atom. The lowest BCUT2D eigenvalue weighted by molar-refractivity contribution is -0.123. The van der Waals surface area contributed by atoms with E-state index in [1.165, 1.54) is 11.3 Å². The molecule has 6 heteroatoms. The van der Waals surface area contributed by atoms with Crippen molar-refractivity contribution in [2.75, 3.05) is 11.9 Å². The van der Waals surface area contributed by atoms with E-state index in [9.17, 15) is 14.7 Å². The van der Waals surface area contributed by atoms with Crippen LogP contribution in [0.15, 0.2) is 6.07 Å². The Kier molecular flexibility index (Phi) is 5.17. The first-order chi connectivity index (χ1) is 9.46. The topological polar surface area (TPSA) is 78.4 Å². The van der Waals surface area contributed by atoms with E-state index < -0.39 is 11.0 Å². The summed E-state index contributed by atoms with van der Waals surface area (Å²) in [6, 6.07) is 1.79. The molecule has 0 radical (unpaired) electrons. The van der Waals surface area contributed by atoms with Crippen LogP contribution in [-0.2, 0) is 4.79 Å². The molecule has 0 aliphatic carbocycles. The highest BCUT2D eigenvalue weighted by molar-refractivity contribution is 7.18. The van der Waals surface area contributed by atoms with E-state index in [-0.39, 0.29) is 18.4 Å². The van der Waals surface area contributed by atoms with Crippen molar-refractivity contribution in [1.82, 2.24) is 5.32 Å². The molecule has 2 amide bonds. The Hall–Kier alpha value is -1.40. The summed E-state index contributed by atoms with van der Waals surface area (Å²) < 4.78 is 0. The van der Waals surface area contributed by atoms with Crippen molar-refractivity contribution in [2.45, 2.75) is 47.1 Å². The third-order valence-electron chi connectivity index (χ3n) is 2.89. The van der Waals surface area contributed by atoms with Gasteiger partial charge in [0.15, 0.2) is 0 Å². The number of aryl methyl sites for hydroxylation is 1. The van der Waals surface area contributed by atoms with Crippen molar-refractivity contribution in [3.63, 3.8) is 0 Å². The molecule has 0 fully saturated rings. The summed E-state index contributed by atoms with van der Waals surface area (Å²) in [6.07, 6.45) is 0. The van der Waals surface area contributed by atoms with Gasteiger partial charge in [-0.1, -0.05) is 20.8 Å². The molecule has 5 nitrogen and oxygen atoms in total. The molecule has 0 saturated carbocycles. The molecule has 118 valence electrons. The number of anilines is 1. The van der Waals surface area contributed by atoms with Crippen LogP contribution >= 0.6 is 11.3 Å². The van der Waals surface area contributed by atoms with Gasteiger partial charge in [0.25, 0.3) is 5.91 Å². The molecule has 0 bridgehead atoms. The molecule has 1 aromatic heterocycles. The van der Waals surface area contributed by atoms with Gasteiger partial charge in [-0.2, -0.15) is 0 Å². The Morgan fingerprint density at radius 3 is 2.29 bits per heavy atom. The van der Waals surface area contributed by atoms with E-state index in [1.54, 1.807) is 19.9 Å². The average Bonchev–Trinajstić information content (AvgIpc) is 2.68. The fourth-order valence-electron chi connectivity index (χ4n) is 1.47. The molecule has 1 heterocycles. The monoisotopic (exact) mass is 312 g/mol. The SMILES string of the molecule is Cc1cc(NC(=O)C(C)(C)C)sc1C(=O)NC(C)(C)CO. The summed E-state index contributed by atoms with van der Waals surface area (Å²) in [5, 5.41) is 15.5. The first kappa shape index (κ1) is 17.7. The number of carbonyl (C=O) groups excluding carboxylic acids is 2. The van der Waals surface area contributed by atoms with Gasteiger partial charge >= 0.3 is 0 Å². The first-order valence-electron chi connectivity index (χ1n) is 6.81. The summed E-state index contributed by atoms with van der Waals surface area (Å²) in [5.41, 5.74) is -0.364. The van der Waals surface area contributed by atoms with Crippen LogP contribution in [-0.4, -0.2) is 29.1 Å². The number of aliphatic hydroxyl groups is 1. The summed E-state index contributed by atoms with van der Waals surface area (Å²) in [6.45, 7) is 10.7. The molecule has 0 spiro atoms. The molecule has 3 N–H and O–H groups in total. The number of thiophene rings is 1. The van der Waals surface area contributed by atoms with Gasteiger partial charge in [0.2, 0.25) is 5.91 Å². The van der Waals surface area contributed by atoms with Gasteiger partial charge in [0.1, 0.15) is 0 Å². The second-order valence-electron chi connectivity index (χ2n) is 6.82. The second kappa shape index (κ2) is 6.15. The molecular weight excluding hydrogens is 288 g/mol. The fourth-order valence-corrected chi connectivity index (χ4v) is 2.44. The van der Waals surface area contributed by atoms with E-state index >= 15 is 0 Å². The highest BCUT2D eigenvalue weighted by atomic mass is 32.1. The average molecular weight is 312 g/mol. The van der Waals surface area contributed by atoms with Crippen LogP contribution in [0, 0.1) is 12.3 Å². The number of amides is 2. The molecule has 0 unspecified atom stereocenters. The predicted molar refractivity (Wildman–Crippen MR) is 85.8 cm³/mol. The van der Waals surface area contributed by atoms with Crippen molar-refractivity contribution in [2.24, 2.45) is 5.41 Å². The van der Waals surface area contributed by atoms with Gasteiger partial charge in [-0.25, -0.2) is 0 Å². The molecule has 0 aliphatic rings. The minimum atomic E-state index is -0.678. The summed E-state index contributed by atoms with van der Waals surface area (Å²) in [4.78, 5) is 24.7. The Balaban J connectivity index is 2.88. The van der Waals surface area contributed by atoms with E-state index in [0.717, 1.165) is 5.56 Å². The third kappa shape index (κ3) is 4.82. The van der Waals surface area contributed by atoms with Crippen molar-refractivity contribution < 1.29 is 14.7 Å². The summed E-state index contributed by atoms with van der Waals surface area (Å²) in [7, 11) is 0. The minimum Gasteiger partial charge on any atom is -0.394 e. The molecule has 0 atom stereocenters. The fraction of sp³-hybridized carbons (Fsp3) is 0.600. The quantitative estimate of drug-likeness (QED) is 0.799. The van der Waals surface area contributed by atoms with Crippen LogP contribution in [0.5, 0.6) is 0 Å². The van der Waals surface area contributed by atoms with E-state index in [1.807, 2.05) is 27.7 Å². The van der Waals surface area contributed by atoms with E-state index in [0.29, 0.717) is 9.88 Å². The zero-order chi connectivity index (χ0) is 16.4. The van der Waals surface area contributed by atoms with Gasteiger partial charge in [-0.3, -0.25) is 9.59 Å². The second-order valence-corrected chi connectivity index (χ2v) is 7.88. The maximum atomic E-state index is 12.2. The number of hydrogen-bond donors (Lipinski definition) is 3. The minimum absolute atomic E-state index is 0.0913. The normalized spacial score (nSPS) is 12.1. The molecular formula is C15H24N2O3S. The Labute approximate surface area is 129 Å². The van der Waals surface area contributed by atoms with Crippen LogP contribution in [0.25, 0.3) is 0 Å². The molecule has 21 heavy (non-hydrogen) atoms. The van der Waals surface area contributed by atoms with Gasteiger partial charge in [-0.15, -0.1) is 11.3 Å². The van der Waals surface area contributed by atoms with Crippen molar-refractivity contribution >= 4 is 28.2 Å². The molecule has 0 aromatic carbocycles. The van der Waals surface area contributed by atoms with Crippen LogP contribution in [0.1, 0.15) is 49.9 Å². The highest BCUT2D eigenvalue weighted by Crippen LogP contribution is 2.28. The largest absolute Gasteiger partial charge is 0.394 e. The Bertz CT molecular complexity index is 542. The van der Waals surface area contributed by atoms with Crippen molar-refractivity contribution in [3.8, 4) is 0 Å². The number of nitrogens with one attached hydrogen (secondary N) is 2. The zero-order valence-electron chi connectivity index (χ0n) is 13.5. The zero-order valence-corrected chi connectivity index (χ0v) is 14.3. The standard InChI is InChI=1S/C15H24N2O3S/c1-9-7-10(16-13(20)14(2,3)4)21-11(9)12(19)17-15(5,6)8-18/h7,18H,8H2,1-6H3,(H,16,20)(H,17,19). The van der Waals surface area contributed by atoms with E-state index in [4.69, 9.17) is 0 Å². The molecule has 1 aromatic rings. The third-order valence-corrected chi connectivity index (χ3v) is 4.04. The van der Waals surface area contributed by atoms with Crippen LogP contribution in [0.3, 0.4) is 0 Å². The molecule has 0 aliphatic heterocycles. The number of rotatable bonds is 4. The highest BCUT2D eigenvalue weighted by Gasteiger charge is 2.25. The van der Waals surface area contributed by atoms with Gasteiger partial charge in [0, 0.05) is 5.41 Å². The smallest absolute Gasteiger partial charge is 0.262 e. The summed E-state index contributed by atoms with van der Waals surface area (Å²) >= 11 is 1.24. The lowest BCUT2D eigenvalue weighted by atomic mass is 9.96. The number of carbonyl (C=O) groups is 2. The lowest BCUT2D eigenvalue weighted by Crippen LogP contribution is -2.46. The molecule has 0 saturated heterocycles. The van der Waals surface area contributed by atoms with Gasteiger partial charge in [-0.05, 0) is 32.4 Å². The van der Waals surface area contributed by atoms with Crippen LogP contribution < -0.4 is 10.6 Å². The van der Waals surface area contributed by atoms with E-state index in [2.05, 4.69) is 10.6 Å².